The van der Waals surface area contributed by atoms with Gasteiger partial charge in [-0.25, -0.2) is 4.98 Å². The molecule has 1 amide bonds. The minimum Gasteiger partial charge on any atom is -0.339 e. The lowest BCUT2D eigenvalue weighted by Crippen LogP contribution is -2.18. The molecule has 0 bridgehead atoms. The van der Waals surface area contributed by atoms with Crippen molar-refractivity contribution >= 4 is 23.5 Å². The van der Waals surface area contributed by atoms with Crippen molar-refractivity contribution in [1.82, 2.24) is 14.5 Å². The fraction of sp³-hybridized carbons (Fsp3) is 0.267. The van der Waals surface area contributed by atoms with Gasteiger partial charge in [0.15, 0.2) is 0 Å². The Morgan fingerprint density at radius 1 is 1.50 bits per heavy atom. The number of aromatic nitrogens is 2. The van der Waals surface area contributed by atoms with Gasteiger partial charge in [0.25, 0.3) is 5.91 Å². The topological polar surface area (TPSA) is 82.7 Å². The van der Waals surface area contributed by atoms with Crippen LogP contribution < -0.4 is 10.3 Å². The Labute approximate surface area is 140 Å². The number of amides is 1. The average molecular weight is 349 g/mol. The van der Waals surface area contributed by atoms with Gasteiger partial charge in [-0.3, -0.25) is 4.79 Å². The highest BCUT2D eigenvalue weighted by Crippen LogP contribution is 2.35. The lowest BCUT2D eigenvalue weighted by molar-refractivity contribution is 0.101. The first-order valence-corrected chi connectivity index (χ1v) is 8.00. The number of nitriles is 1. The maximum Gasteiger partial charge on any atom is 0.272 e. The lowest BCUT2D eigenvalue weighted by Gasteiger charge is -2.09. The van der Waals surface area contributed by atoms with Gasteiger partial charge in [-0.05, 0) is 43.3 Å². The second kappa shape index (κ2) is 6.59. The predicted octanol–water partition coefficient (Wildman–Crippen LogP) is 2.88. The van der Waals surface area contributed by atoms with E-state index in [1.165, 1.54) is 6.07 Å². The summed E-state index contributed by atoms with van der Waals surface area (Å²) >= 11 is 0.830. The predicted molar refractivity (Wildman–Crippen MR) is 84.5 cm³/mol. The van der Waals surface area contributed by atoms with E-state index in [0.717, 1.165) is 36.5 Å². The van der Waals surface area contributed by atoms with Crippen LogP contribution in [0.5, 0.6) is 0 Å². The summed E-state index contributed by atoms with van der Waals surface area (Å²) in [4.78, 5) is 18.3. The van der Waals surface area contributed by atoms with Crippen LogP contribution in [0.2, 0.25) is 0 Å². The van der Waals surface area contributed by atoms with E-state index in [9.17, 15) is 13.7 Å². The molecule has 3 heterocycles. The Kier molecular flexibility index (Phi) is 4.51. The first-order valence-electron chi connectivity index (χ1n) is 7.18. The Hall–Kier alpha value is -2.44. The number of carbonyl (C=O) groups excluding carboxylic acids is 1. The van der Waals surface area contributed by atoms with E-state index < -0.39 is 11.9 Å². The molecule has 0 aromatic carbocycles. The van der Waals surface area contributed by atoms with Crippen LogP contribution in [0, 0.1) is 24.2 Å². The van der Waals surface area contributed by atoms with Gasteiger partial charge in [0.05, 0.1) is 0 Å². The summed E-state index contributed by atoms with van der Waals surface area (Å²) in [5.41, 5.74) is 2.00. The van der Waals surface area contributed by atoms with E-state index >= 15 is 0 Å². The summed E-state index contributed by atoms with van der Waals surface area (Å²) in [5, 5.41) is 11.4. The molecule has 2 N–H and O–H groups in total. The maximum atomic E-state index is 13.4. The molecule has 0 spiro atoms. The second-order valence-corrected chi connectivity index (χ2v) is 6.08. The van der Waals surface area contributed by atoms with Crippen molar-refractivity contribution in [1.29, 1.82) is 5.26 Å². The first kappa shape index (κ1) is 16.4. The summed E-state index contributed by atoms with van der Waals surface area (Å²) in [7, 11) is 0. The highest BCUT2D eigenvalue weighted by molar-refractivity contribution is 7.97. The van der Waals surface area contributed by atoms with E-state index in [-0.39, 0.29) is 11.4 Å². The first-order chi connectivity index (χ1) is 11.5. The molecule has 0 saturated carbocycles. The molecule has 3 rings (SSSR count). The van der Waals surface area contributed by atoms with Crippen molar-refractivity contribution in [3.8, 4) is 6.07 Å². The van der Waals surface area contributed by atoms with Crippen LogP contribution in [0.4, 0.5) is 14.6 Å². The lowest BCUT2D eigenvalue weighted by atomic mass is 10.2. The van der Waals surface area contributed by atoms with Crippen LogP contribution in [-0.4, -0.2) is 15.5 Å². The Morgan fingerprint density at radius 3 is 3.00 bits per heavy atom. The second-order valence-electron chi connectivity index (χ2n) is 5.31. The zero-order valence-electron chi connectivity index (χ0n) is 12.7. The van der Waals surface area contributed by atoms with Gasteiger partial charge in [-0.1, -0.05) is 4.94 Å². The Morgan fingerprint density at radius 2 is 2.29 bits per heavy atom. The highest BCUT2D eigenvalue weighted by atomic mass is 32.2. The van der Waals surface area contributed by atoms with Crippen molar-refractivity contribution in [3.63, 3.8) is 0 Å². The van der Waals surface area contributed by atoms with E-state index in [4.69, 9.17) is 5.26 Å². The molecule has 0 radical (unpaired) electrons. The summed E-state index contributed by atoms with van der Waals surface area (Å²) in [6.07, 6.45) is 1.64. The van der Waals surface area contributed by atoms with Crippen LogP contribution in [0.1, 0.15) is 33.9 Å². The summed E-state index contributed by atoms with van der Waals surface area (Å²) in [6.45, 7) is 2.41. The maximum absolute atomic E-state index is 13.4. The fourth-order valence-electron chi connectivity index (χ4n) is 2.97. The van der Waals surface area contributed by atoms with E-state index in [0.29, 0.717) is 22.7 Å². The normalized spacial score (nSPS) is 12.8. The number of nitrogens with zero attached hydrogens (tertiary/aromatic N) is 3. The minimum atomic E-state index is -0.848. The van der Waals surface area contributed by atoms with Crippen molar-refractivity contribution in [2.24, 2.45) is 0 Å². The van der Waals surface area contributed by atoms with Crippen LogP contribution in [-0.2, 0) is 13.0 Å². The molecule has 9 heteroatoms. The standard InChI is InChI=1S/C15H13F2N5OS/c1-8-13(22-4-2-3-11(22)14(8)24-21-17)15(23)20-9-5-10(7-18)19-12(16)6-9/h5-6,21H,2-4H2,1H3,(H,19,20,23). The minimum absolute atomic E-state index is 0.125. The van der Waals surface area contributed by atoms with Crippen molar-refractivity contribution in [2.75, 3.05) is 5.32 Å². The molecular weight excluding hydrogens is 336 g/mol. The van der Waals surface area contributed by atoms with Crippen molar-refractivity contribution in [3.05, 3.63) is 40.7 Å². The van der Waals surface area contributed by atoms with Gasteiger partial charge in [-0.2, -0.15) is 9.65 Å². The number of fused-ring (bicyclic) bond motifs is 1. The molecule has 24 heavy (non-hydrogen) atoms. The van der Waals surface area contributed by atoms with Crippen molar-refractivity contribution < 1.29 is 13.7 Å². The molecule has 2 aromatic heterocycles. The van der Waals surface area contributed by atoms with Crippen LogP contribution >= 0.6 is 11.9 Å². The number of rotatable bonds is 4. The molecule has 6 nitrogen and oxygen atoms in total. The smallest absolute Gasteiger partial charge is 0.272 e. The fourth-order valence-corrected chi connectivity index (χ4v) is 3.62. The number of carbonyl (C=O) groups is 1. The third-order valence-electron chi connectivity index (χ3n) is 3.87. The summed E-state index contributed by atoms with van der Waals surface area (Å²) in [5.74, 6) is -1.28. The van der Waals surface area contributed by atoms with Gasteiger partial charge >= 0.3 is 0 Å². The Balaban J connectivity index is 1.96. The zero-order chi connectivity index (χ0) is 17.3. The number of halogens is 2. The number of nitrogens with one attached hydrogen (secondary N) is 2. The number of hydrogen-bond acceptors (Lipinski definition) is 5. The average Bonchev–Trinajstić information content (AvgIpc) is 3.09. The van der Waals surface area contributed by atoms with Crippen LogP contribution in [0.25, 0.3) is 0 Å². The van der Waals surface area contributed by atoms with Gasteiger partial charge < -0.3 is 9.88 Å². The van der Waals surface area contributed by atoms with E-state index in [1.54, 1.807) is 17.9 Å². The number of anilines is 1. The molecule has 1 aliphatic heterocycles. The largest absolute Gasteiger partial charge is 0.339 e. The molecule has 124 valence electrons. The van der Waals surface area contributed by atoms with Gasteiger partial charge in [0.2, 0.25) is 5.95 Å². The van der Waals surface area contributed by atoms with Crippen LogP contribution in [0.15, 0.2) is 17.0 Å². The van der Waals surface area contributed by atoms with E-state index in [1.807, 2.05) is 4.57 Å². The van der Waals surface area contributed by atoms with Crippen molar-refractivity contribution in [2.45, 2.75) is 31.2 Å². The molecule has 0 aliphatic carbocycles. The third kappa shape index (κ3) is 2.86. The summed E-state index contributed by atoms with van der Waals surface area (Å²) < 4.78 is 27.8. The SMILES string of the molecule is Cc1c(SNF)c2n(c1C(=O)Nc1cc(F)nc(C#N)c1)CCC2. The molecule has 0 fully saturated rings. The quantitative estimate of drug-likeness (QED) is 0.504. The van der Waals surface area contributed by atoms with E-state index in [2.05, 4.69) is 10.3 Å². The molecule has 0 unspecified atom stereocenters. The molecule has 0 atom stereocenters. The van der Waals surface area contributed by atoms with Crippen LogP contribution in [0.3, 0.4) is 0 Å². The highest BCUT2D eigenvalue weighted by Gasteiger charge is 2.28. The zero-order valence-corrected chi connectivity index (χ0v) is 13.5. The monoisotopic (exact) mass is 349 g/mol. The van der Waals surface area contributed by atoms with Gasteiger partial charge in [-0.15, -0.1) is 4.48 Å². The Bertz CT molecular complexity index is 859. The molecule has 2 aromatic rings. The molecule has 1 aliphatic rings. The third-order valence-corrected chi connectivity index (χ3v) is 4.69. The molecular formula is C15H13F2N5OS. The molecule has 0 saturated heterocycles. The number of hydrogen-bond donors (Lipinski definition) is 2. The van der Waals surface area contributed by atoms with Gasteiger partial charge in [0, 0.05) is 28.9 Å². The summed E-state index contributed by atoms with van der Waals surface area (Å²) in [6, 6.07) is 4.07. The van der Waals surface area contributed by atoms with Gasteiger partial charge in [0.1, 0.15) is 17.5 Å². The number of pyridine rings is 1.